The topological polar surface area (TPSA) is 53.4 Å². The number of carbonyl (C=O) groups is 1. The predicted molar refractivity (Wildman–Crippen MR) is 60.6 cm³/mol. The SMILES string of the molecule is O=C(c1ncccc1O)N1CCCC(C(F)(F)F)C1. The highest BCUT2D eigenvalue weighted by molar-refractivity contribution is 5.94. The molecule has 1 fully saturated rings. The quantitative estimate of drug-likeness (QED) is 0.854. The Morgan fingerprint density at radius 1 is 1.47 bits per heavy atom. The number of aromatic nitrogens is 1. The molecule has 0 aromatic carbocycles. The van der Waals surface area contributed by atoms with E-state index in [-0.39, 0.29) is 31.0 Å². The molecule has 1 amide bonds. The fraction of sp³-hybridized carbons (Fsp3) is 0.500. The molecule has 1 unspecified atom stereocenters. The zero-order chi connectivity index (χ0) is 14.0. The second-order valence-corrected chi connectivity index (χ2v) is 4.50. The van der Waals surface area contributed by atoms with Crippen LogP contribution in [0.25, 0.3) is 0 Å². The molecule has 1 saturated heterocycles. The maximum absolute atomic E-state index is 12.7. The van der Waals surface area contributed by atoms with E-state index in [1.54, 1.807) is 0 Å². The van der Waals surface area contributed by atoms with Crippen LogP contribution in [0.4, 0.5) is 13.2 Å². The lowest BCUT2D eigenvalue weighted by atomic mass is 9.97. The molecule has 0 spiro atoms. The summed E-state index contributed by atoms with van der Waals surface area (Å²) in [5.41, 5.74) is -0.203. The Morgan fingerprint density at radius 2 is 2.21 bits per heavy atom. The summed E-state index contributed by atoms with van der Waals surface area (Å²) in [6.07, 6.45) is -2.66. The van der Waals surface area contributed by atoms with Gasteiger partial charge in [0.25, 0.3) is 5.91 Å². The Bertz CT molecular complexity index is 476. The summed E-state index contributed by atoms with van der Waals surface area (Å²) in [6.45, 7) is -0.125. The third kappa shape index (κ3) is 2.97. The fourth-order valence-electron chi connectivity index (χ4n) is 2.14. The Labute approximate surface area is 107 Å². The van der Waals surface area contributed by atoms with Crippen LogP contribution in [0.3, 0.4) is 0 Å². The minimum Gasteiger partial charge on any atom is -0.505 e. The van der Waals surface area contributed by atoms with Crippen molar-refractivity contribution in [1.82, 2.24) is 9.88 Å². The predicted octanol–water partition coefficient (Wildman–Crippen LogP) is 2.20. The van der Waals surface area contributed by atoms with Crippen molar-refractivity contribution in [3.8, 4) is 5.75 Å². The largest absolute Gasteiger partial charge is 0.505 e. The van der Waals surface area contributed by atoms with Gasteiger partial charge >= 0.3 is 6.18 Å². The Balaban J connectivity index is 2.14. The van der Waals surface area contributed by atoms with E-state index in [2.05, 4.69) is 4.98 Å². The summed E-state index contributed by atoms with van der Waals surface area (Å²) in [5.74, 6) is -2.48. The van der Waals surface area contributed by atoms with Crippen LogP contribution in [0.1, 0.15) is 23.3 Å². The number of aromatic hydroxyl groups is 1. The number of alkyl halides is 3. The van der Waals surface area contributed by atoms with Crippen molar-refractivity contribution in [2.24, 2.45) is 5.92 Å². The summed E-state index contributed by atoms with van der Waals surface area (Å²) in [5, 5.41) is 9.51. The van der Waals surface area contributed by atoms with Crippen molar-refractivity contribution in [2.75, 3.05) is 13.1 Å². The zero-order valence-corrected chi connectivity index (χ0v) is 10.0. The molecule has 1 N–H and O–H groups in total. The maximum Gasteiger partial charge on any atom is 0.393 e. The molecule has 0 saturated carbocycles. The summed E-state index contributed by atoms with van der Waals surface area (Å²) >= 11 is 0. The first-order chi connectivity index (χ1) is 8.89. The molecular weight excluding hydrogens is 261 g/mol. The Hall–Kier alpha value is -1.79. The summed E-state index contributed by atoms with van der Waals surface area (Å²) < 4.78 is 38.0. The van der Waals surface area contributed by atoms with Gasteiger partial charge in [0.1, 0.15) is 5.75 Å². The van der Waals surface area contributed by atoms with E-state index >= 15 is 0 Å². The van der Waals surface area contributed by atoms with Crippen LogP contribution in [0.5, 0.6) is 5.75 Å². The van der Waals surface area contributed by atoms with E-state index in [4.69, 9.17) is 0 Å². The molecule has 7 heteroatoms. The standard InChI is InChI=1S/C12H13F3N2O2/c13-12(14,15)8-3-2-6-17(7-8)11(19)10-9(18)4-1-5-16-10/h1,4-5,8,18H,2-3,6-7H2. The van der Waals surface area contributed by atoms with E-state index in [0.717, 1.165) is 4.90 Å². The van der Waals surface area contributed by atoms with Gasteiger partial charge < -0.3 is 10.0 Å². The lowest BCUT2D eigenvalue weighted by Crippen LogP contribution is -2.44. The van der Waals surface area contributed by atoms with Crippen LogP contribution in [-0.4, -0.2) is 40.2 Å². The van der Waals surface area contributed by atoms with E-state index in [9.17, 15) is 23.1 Å². The first-order valence-corrected chi connectivity index (χ1v) is 5.89. The van der Waals surface area contributed by atoms with Crippen LogP contribution in [0.15, 0.2) is 18.3 Å². The zero-order valence-electron chi connectivity index (χ0n) is 10.0. The molecule has 1 aliphatic rings. The molecule has 104 valence electrons. The van der Waals surface area contributed by atoms with Gasteiger partial charge in [-0.05, 0) is 25.0 Å². The van der Waals surface area contributed by atoms with Gasteiger partial charge in [0, 0.05) is 19.3 Å². The second-order valence-electron chi connectivity index (χ2n) is 4.50. The maximum atomic E-state index is 12.7. The molecule has 1 aromatic rings. The van der Waals surface area contributed by atoms with E-state index in [1.165, 1.54) is 18.3 Å². The third-order valence-electron chi connectivity index (χ3n) is 3.16. The first-order valence-electron chi connectivity index (χ1n) is 5.89. The second kappa shape index (κ2) is 5.07. The van der Waals surface area contributed by atoms with Gasteiger partial charge in [-0.1, -0.05) is 0 Å². The normalized spacial score (nSPS) is 20.4. The molecule has 0 bridgehead atoms. The van der Waals surface area contributed by atoms with Gasteiger partial charge in [-0.25, -0.2) is 4.98 Å². The van der Waals surface area contributed by atoms with Crippen LogP contribution < -0.4 is 0 Å². The lowest BCUT2D eigenvalue weighted by molar-refractivity contribution is -0.184. The highest BCUT2D eigenvalue weighted by atomic mass is 19.4. The minimum absolute atomic E-state index is 0.0292. The Kier molecular flexibility index (Phi) is 3.64. The number of rotatable bonds is 1. The van der Waals surface area contributed by atoms with E-state index < -0.39 is 18.0 Å². The third-order valence-corrected chi connectivity index (χ3v) is 3.16. The molecule has 19 heavy (non-hydrogen) atoms. The summed E-state index contributed by atoms with van der Waals surface area (Å²) in [7, 11) is 0. The van der Waals surface area contributed by atoms with Gasteiger partial charge in [-0.15, -0.1) is 0 Å². The molecule has 0 radical (unpaired) electrons. The summed E-state index contributed by atoms with van der Waals surface area (Å²) in [6, 6.07) is 2.73. The molecule has 2 heterocycles. The van der Waals surface area contributed by atoms with Crippen molar-refractivity contribution in [1.29, 1.82) is 0 Å². The van der Waals surface area contributed by atoms with Gasteiger partial charge in [0.15, 0.2) is 5.69 Å². The lowest BCUT2D eigenvalue weighted by Gasteiger charge is -2.33. The van der Waals surface area contributed by atoms with Crippen LogP contribution in [-0.2, 0) is 0 Å². The number of hydrogen-bond acceptors (Lipinski definition) is 3. The molecule has 4 nitrogen and oxygen atoms in total. The Morgan fingerprint density at radius 3 is 2.84 bits per heavy atom. The van der Waals surface area contributed by atoms with Crippen molar-refractivity contribution in [3.63, 3.8) is 0 Å². The monoisotopic (exact) mass is 274 g/mol. The van der Waals surface area contributed by atoms with E-state index in [1.807, 2.05) is 0 Å². The fourth-order valence-corrected chi connectivity index (χ4v) is 2.14. The highest BCUT2D eigenvalue weighted by Crippen LogP contribution is 2.33. The van der Waals surface area contributed by atoms with E-state index in [0.29, 0.717) is 6.42 Å². The van der Waals surface area contributed by atoms with Crippen molar-refractivity contribution < 1.29 is 23.1 Å². The smallest absolute Gasteiger partial charge is 0.393 e. The highest BCUT2D eigenvalue weighted by Gasteiger charge is 2.43. The van der Waals surface area contributed by atoms with Crippen LogP contribution in [0.2, 0.25) is 0 Å². The number of nitrogens with zero attached hydrogens (tertiary/aromatic N) is 2. The molecule has 0 aliphatic carbocycles. The average molecular weight is 274 g/mol. The number of hydrogen-bond donors (Lipinski definition) is 1. The van der Waals surface area contributed by atoms with Crippen LogP contribution >= 0.6 is 0 Å². The molecule has 1 aliphatic heterocycles. The summed E-state index contributed by atoms with van der Waals surface area (Å²) in [4.78, 5) is 16.8. The molecule has 1 aromatic heterocycles. The van der Waals surface area contributed by atoms with Gasteiger partial charge in [0.05, 0.1) is 5.92 Å². The average Bonchev–Trinajstić information content (AvgIpc) is 2.38. The first kappa shape index (κ1) is 13.6. The number of likely N-dealkylation sites (tertiary alicyclic amines) is 1. The van der Waals surface area contributed by atoms with Crippen molar-refractivity contribution in [3.05, 3.63) is 24.0 Å². The van der Waals surface area contributed by atoms with Gasteiger partial charge in [-0.2, -0.15) is 13.2 Å². The minimum atomic E-state index is -4.30. The van der Waals surface area contributed by atoms with Crippen molar-refractivity contribution in [2.45, 2.75) is 19.0 Å². The number of pyridine rings is 1. The van der Waals surface area contributed by atoms with Gasteiger partial charge in [0.2, 0.25) is 0 Å². The number of piperidine rings is 1. The number of carbonyl (C=O) groups excluding carboxylic acids is 1. The number of amides is 1. The molecule has 1 atom stereocenters. The van der Waals surface area contributed by atoms with Gasteiger partial charge in [-0.3, -0.25) is 4.79 Å². The molecule has 2 rings (SSSR count). The molecular formula is C12H13F3N2O2. The van der Waals surface area contributed by atoms with Crippen molar-refractivity contribution >= 4 is 5.91 Å². The van der Waals surface area contributed by atoms with Crippen LogP contribution in [0, 0.1) is 5.92 Å². The number of halogens is 3.